The zero-order valence-electron chi connectivity index (χ0n) is 17.7. The Bertz CT molecular complexity index is 1040. The van der Waals surface area contributed by atoms with E-state index in [9.17, 15) is 4.79 Å². The van der Waals surface area contributed by atoms with Crippen LogP contribution in [0.25, 0.3) is 11.1 Å². The number of thioether (sulfide) groups is 1. The zero-order valence-corrected chi connectivity index (χ0v) is 18.5. The third kappa shape index (κ3) is 3.64. The fraction of sp³-hybridized carbons (Fsp3) is 0.417. The summed E-state index contributed by atoms with van der Waals surface area (Å²) in [6, 6.07) is 17.1. The van der Waals surface area contributed by atoms with E-state index >= 15 is 0 Å². The molecule has 3 aromatic rings. The minimum absolute atomic E-state index is 0.118. The van der Waals surface area contributed by atoms with Gasteiger partial charge >= 0.3 is 0 Å². The van der Waals surface area contributed by atoms with Crippen molar-refractivity contribution in [2.75, 3.05) is 12.4 Å². The standard InChI is InChI=1S/C24H28N4O2S/c1-24(16-9-3-2-4-10-16)21(26-15-31-24)23(29)28-14-8-7-12-18(28)20(25)22-27-17-11-5-6-13-19(17)30-22/h2-6,9-11,13,18,20-21,26H,7-8,12,14-15,25H2,1H3. The Labute approximate surface area is 186 Å². The summed E-state index contributed by atoms with van der Waals surface area (Å²) >= 11 is 1.79. The van der Waals surface area contributed by atoms with Crippen LogP contribution in [-0.2, 0) is 9.54 Å². The molecule has 3 N–H and O–H groups in total. The first-order valence-corrected chi connectivity index (χ1v) is 11.9. The fourth-order valence-electron chi connectivity index (χ4n) is 4.86. The quantitative estimate of drug-likeness (QED) is 0.647. The minimum atomic E-state index is -0.450. The number of benzene rings is 2. The predicted octanol–water partition coefficient (Wildman–Crippen LogP) is 3.79. The van der Waals surface area contributed by atoms with E-state index in [1.165, 1.54) is 5.56 Å². The number of fused-ring (bicyclic) bond motifs is 1. The highest BCUT2D eigenvalue weighted by molar-refractivity contribution is 8.00. The van der Waals surface area contributed by atoms with Crippen LogP contribution in [0.4, 0.5) is 0 Å². The fourth-order valence-corrected chi connectivity index (χ4v) is 6.07. The summed E-state index contributed by atoms with van der Waals surface area (Å²) in [5.41, 5.74) is 9.36. The number of aromatic nitrogens is 1. The monoisotopic (exact) mass is 436 g/mol. The number of amides is 1. The van der Waals surface area contributed by atoms with Gasteiger partial charge in [-0.1, -0.05) is 42.5 Å². The van der Waals surface area contributed by atoms with Crippen molar-refractivity contribution in [2.45, 2.75) is 49.1 Å². The molecule has 4 atom stereocenters. The maximum atomic E-state index is 13.9. The molecule has 3 heterocycles. The van der Waals surface area contributed by atoms with Gasteiger partial charge in [-0.15, -0.1) is 11.8 Å². The second-order valence-electron chi connectivity index (χ2n) is 8.54. The zero-order chi connectivity index (χ0) is 21.4. The van der Waals surface area contributed by atoms with Crippen molar-refractivity contribution in [2.24, 2.45) is 5.73 Å². The van der Waals surface area contributed by atoms with Gasteiger partial charge in [0.25, 0.3) is 0 Å². The smallest absolute Gasteiger partial charge is 0.241 e. The third-order valence-corrected chi connectivity index (χ3v) is 8.03. The summed E-state index contributed by atoms with van der Waals surface area (Å²) in [6.45, 7) is 2.88. The largest absolute Gasteiger partial charge is 0.439 e. The lowest BCUT2D eigenvalue weighted by molar-refractivity contribution is -0.138. The molecule has 2 fully saturated rings. The SMILES string of the molecule is CC1(c2ccccc2)SCNC1C(=O)N1CCCCC1C(N)c1nc2ccccc2o1. The number of nitrogens with one attached hydrogen (secondary N) is 1. The first kappa shape index (κ1) is 20.5. The molecule has 0 bridgehead atoms. The van der Waals surface area contributed by atoms with Crippen LogP contribution in [0.5, 0.6) is 0 Å². The van der Waals surface area contributed by atoms with Gasteiger partial charge in [-0.2, -0.15) is 0 Å². The number of hydrogen-bond acceptors (Lipinski definition) is 6. The van der Waals surface area contributed by atoms with Crippen LogP contribution < -0.4 is 11.1 Å². The van der Waals surface area contributed by atoms with Crippen molar-refractivity contribution in [3.63, 3.8) is 0 Å². The molecule has 0 radical (unpaired) electrons. The Morgan fingerprint density at radius 1 is 1.23 bits per heavy atom. The second kappa shape index (κ2) is 8.30. The number of carbonyl (C=O) groups excluding carboxylic acids is 1. The highest BCUT2D eigenvalue weighted by Gasteiger charge is 2.48. The first-order valence-electron chi connectivity index (χ1n) is 10.9. The van der Waals surface area contributed by atoms with Gasteiger partial charge in [0.05, 0.1) is 10.8 Å². The number of oxazole rings is 1. The molecule has 1 amide bonds. The Balaban J connectivity index is 1.43. The Hall–Kier alpha value is -2.35. The molecule has 0 saturated carbocycles. The summed E-state index contributed by atoms with van der Waals surface area (Å²) in [7, 11) is 0. The lowest BCUT2D eigenvalue weighted by Gasteiger charge is -2.41. The second-order valence-corrected chi connectivity index (χ2v) is 9.96. The minimum Gasteiger partial charge on any atom is -0.439 e. The number of carbonyl (C=O) groups is 1. The number of hydrogen-bond donors (Lipinski definition) is 2. The van der Waals surface area contributed by atoms with Gasteiger partial charge in [0.15, 0.2) is 5.58 Å². The molecule has 1 aromatic heterocycles. The van der Waals surface area contributed by atoms with Crippen molar-refractivity contribution in [3.05, 3.63) is 66.1 Å². The summed E-state index contributed by atoms with van der Waals surface area (Å²) in [6.07, 6.45) is 2.89. The summed E-state index contributed by atoms with van der Waals surface area (Å²) < 4.78 is 5.64. The predicted molar refractivity (Wildman–Crippen MR) is 123 cm³/mol. The van der Waals surface area contributed by atoms with Gasteiger partial charge in [0.2, 0.25) is 11.8 Å². The van der Waals surface area contributed by atoms with E-state index in [1.54, 1.807) is 11.8 Å². The lowest BCUT2D eigenvalue weighted by atomic mass is 9.89. The highest BCUT2D eigenvalue weighted by atomic mass is 32.2. The topological polar surface area (TPSA) is 84.4 Å². The molecule has 2 aliphatic rings. The van der Waals surface area contributed by atoms with Gasteiger partial charge < -0.3 is 15.1 Å². The van der Waals surface area contributed by atoms with Crippen LogP contribution >= 0.6 is 11.8 Å². The summed E-state index contributed by atoms with van der Waals surface area (Å²) in [4.78, 5) is 20.4. The number of rotatable bonds is 4. The molecular formula is C24H28N4O2S. The van der Waals surface area contributed by atoms with E-state index in [0.717, 1.165) is 36.2 Å². The van der Waals surface area contributed by atoms with Crippen LogP contribution in [0.1, 0.15) is 43.7 Å². The maximum absolute atomic E-state index is 13.9. The summed E-state index contributed by atoms with van der Waals surface area (Å²) in [5, 5.41) is 3.46. The Morgan fingerprint density at radius 2 is 2.00 bits per heavy atom. The molecular weight excluding hydrogens is 408 g/mol. The lowest BCUT2D eigenvalue weighted by Crippen LogP contribution is -2.57. The molecule has 162 valence electrons. The van der Waals surface area contributed by atoms with Gasteiger partial charge in [0, 0.05) is 12.4 Å². The third-order valence-electron chi connectivity index (χ3n) is 6.65. The van der Waals surface area contributed by atoms with E-state index in [0.29, 0.717) is 12.4 Å². The van der Waals surface area contributed by atoms with Crippen molar-refractivity contribution < 1.29 is 9.21 Å². The van der Waals surface area contributed by atoms with Crippen LogP contribution in [-0.4, -0.2) is 40.3 Å². The normalized spacial score (nSPS) is 27.5. The van der Waals surface area contributed by atoms with Crippen LogP contribution in [0.15, 0.2) is 59.0 Å². The molecule has 0 spiro atoms. The number of likely N-dealkylation sites (tertiary alicyclic amines) is 1. The highest BCUT2D eigenvalue weighted by Crippen LogP contribution is 2.44. The van der Waals surface area contributed by atoms with Crippen LogP contribution in [0.3, 0.4) is 0 Å². The van der Waals surface area contributed by atoms with Gasteiger partial charge in [-0.05, 0) is 43.9 Å². The average molecular weight is 437 g/mol. The molecule has 5 rings (SSSR count). The van der Waals surface area contributed by atoms with Crippen molar-refractivity contribution in [1.29, 1.82) is 0 Å². The molecule has 2 saturated heterocycles. The summed E-state index contributed by atoms with van der Waals surface area (Å²) in [5.74, 6) is 1.37. The number of nitrogens with two attached hydrogens (primary N) is 1. The van der Waals surface area contributed by atoms with E-state index in [-0.39, 0.29) is 22.7 Å². The molecule has 4 unspecified atom stereocenters. The Morgan fingerprint density at radius 3 is 2.81 bits per heavy atom. The molecule has 0 aliphatic carbocycles. The molecule has 2 aliphatic heterocycles. The molecule has 6 nitrogen and oxygen atoms in total. The van der Waals surface area contributed by atoms with Crippen LogP contribution in [0.2, 0.25) is 0 Å². The molecule has 31 heavy (non-hydrogen) atoms. The Kier molecular flexibility index (Phi) is 5.50. The average Bonchev–Trinajstić information content (AvgIpc) is 3.43. The van der Waals surface area contributed by atoms with Crippen molar-refractivity contribution >= 4 is 28.8 Å². The van der Waals surface area contributed by atoms with E-state index < -0.39 is 6.04 Å². The van der Waals surface area contributed by atoms with Gasteiger partial charge in [-0.3, -0.25) is 10.1 Å². The van der Waals surface area contributed by atoms with E-state index in [1.807, 2.05) is 47.4 Å². The number of piperidine rings is 1. The maximum Gasteiger partial charge on any atom is 0.241 e. The number of nitrogens with zero attached hydrogens (tertiary/aromatic N) is 2. The van der Waals surface area contributed by atoms with E-state index in [4.69, 9.17) is 10.2 Å². The first-order chi connectivity index (χ1) is 15.1. The molecule has 7 heteroatoms. The van der Waals surface area contributed by atoms with Gasteiger partial charge in [0.1, 0.15) is 17.6 Å². The van der Waals surface area contributed by atoms with Crippen molar-refractivity contribution in [3.8, 4) is 0 Å². The van der Waals surface area contributed by atoms with Crippen molar-refractivity contribution in [1.82, 2.24) is 15.2 Å². The van der Waals surface area contributed by atoms with E-state index in [2.05, 4.69) is 29.4 Å². The number of para-hydroxylation sites is 2. The van der Waals surface area contributed by atoms with Gasteiger partial charge in [-0.25, -0.2) is 4.98 Å². The van der Waals surface area contributed by atoms with Crippen LogP contribution in [0, 0.1) is 0 Å². The molecule has 2 aromatic carbocycles.